The summed E-state index contributed by atoms with van der Waals surface area (Å²) < 4.78 is 14.9. The number of likely N-dealkylation sites (N-methyl/N-ethyl adjacent to an activating group) is 1. The molecular formula is C29H33FN6O3. The summed E-state index contributed by atoms with van der Waals surface area (Å²) in [6.45, 7) is 1.60. The molecule has 2 heterocycles. The number of carbonyl (C=O) groups is 3. The molecule has 1 aromatic heterocycles. The van der Waals surface area contributed by atoms with Crippen LogP contribution in [0.3, 0.4) is 0 Å². The molecule has 2 fully saturated rings. The van der Waals surface area contributed by atoms with Crippen molar-refractivity contribution in [3.63, 3.8) is 0 Å². The zero-order valence-corrected chi connectivity index (χ0v) is 21.9. The molecule has 10 heteroatoms. The first-order valence-corrected chi connectivity index (χ1v) is 13.3. The maximum Gasteiger partial charge on any atom is 0.251 e. The van der Waals surface area contributed by atoms with Crippen LogP contribution in [0.15, 0.2) is 67.0 Å². The summed E-state index contributed by atoms with van der Waals surface area (Å²) in [4.78, 5) is 41.9. The second kappa shape index (κ2) is 11.8. The van der Waals surface area contributed by atoms with Crippen LogP contribution in [0.25, 0.3) is 5.69 Å². The molecule has 9 nitrogen and oxygen atoms in total. The van der Waals surface area contributed by atoms with E-state index in [1.165, 1.54) is 17.0 Å². The highest BCUT2D eigenvalue weighted by Crippen LogP contribution is 2.40. The van der Waals surface area contributed by atoms with Gasteiger partial charge in [-0.05, 0) is 73.8 Å². The minimum Gasteiger partial charge on any atom is -0.342 e. The van der Waals surface area contributed by atoms with Crippen LogP contribution in [-0.2, 0) is 9.59 Å². The number of carbonyl (C=O) groups excluding carboxylic acids is 3. The zero-order chi connectivity index (χ0) is 27.4. The lowest BCUT2D eigenvalue weighted by Crippen LogP contribution is -2.56. The first kappa shape index (κ1) is 26.6. The maximum atomic E-state index is 13.4. The molecular weight excluding hydrogens is 499 g/mol. The highest BCUT2D eigenvalue weighted by atomic mass is 19.1. The Morgan fingerprint density at radius 1 is 1.10 bits per heavy atom. The van der Waals surface area contributed by atoms with Crippen molar-refractivity contribution in [3.8, 4) is 5.69 Å². The van der Waals surface area contributed by atoms with E-state index in [4.69, 9.17) is 0 Å². The zero-order valence-electron chi connectivity index (χ0n) is 21.9. The quantitative estimate of drug-likeness (QED) is 0.391. The predicted octanol–water partition coefficient (Wildman–Crippen LogP) is 2.34. The van der Waals surface area contributed by atoms with Crippen LogP contribution in [0, 0.1) is 5.82 Å². The Kier molecular flexibility index (Phi) is 8.02. The lowest BCUT2D eigenvalue weighted by molar-refractivity contribution is -0.145. The number of rotatable bonds is 10. The maximum absolute atomic E-state index is 13.4. The van der Waals surface area contributed by atoms with Gasteiger partial charge >= 0.3 is 0 Å². The van der Waals surface area contributed by atoms with E-state index in [1.807, 2.05) is 24.4 Å². The molecule has 5 rings (SSSR count). The smallest absolute Gasteiger partial charge is 0.251 e. The molecule has 2 aliphatic rings. The second-order valence-corrected chi connectivity index (χ2v) is 10.2. The number of amides is 3. The summed E-state index contributed by atoms with van der Waals surface area (Å²) in [6, 6.07) is 15.0. The van der Waals surface area contributed by atoms with Gasteiger partial charge in [-0.2, -0.15) is 5.10 Å². The first-order chi connectivity index (χ1) is 18.9. The van der Waals surface area contributed by atoms with Gasteiger partial charge in [0.2, 0.25) is 11.8 Å². The van der Waals surface area contributed by atoms with E-state index in [0.29, 0.717) is 50.0 Å². The number of benzene rings is 2. The van der Waals surface area contributed by atoms with E-state index in [1.54, 1.807) is 47.1 Å². The lowest BCUT2D eigenvalue weighted by Gasteiger charge is -2.34. The topological polar surface area (TPSA) is 99.6 Å². The Labute approximate surface area is 227 Å². The average Bonchev–Trinajstić information content (AvgIpc) is 3.50. The van der Waals surface area contributed by atoms with Crippen LogP contribution in [-0.4, -0.2) is 82.6 Å². The van der Waals surface area contributed by atoms with Crippen molar-refractivity contribution in [3.05, 3.63) is 83.9 Å². The Bertz CT molecular complexity index is 1300. The lowest BCUT2D eigenvalue weighted by atomic mass is 10.1. The van der Waals surface area contributed by atoms with Crippen molar-refractivity contribution in [2.24, 2.45) is 0 Å². The van der Waals surface area contributed by atoms with Gasteiger partial charge < -0.3 is 20.4 Å². The van der Waals surface area contributed by atoms with Crippen LogP contribution in [0.1, 0.15) is 41.1 Å². The van der Waals surface area contributed by atoms with Gasteiger partial charge in [0.25, 0.3) is 5.91 Å². The highest BCUT2D eigenvalue weighted by molar-refractivity contribution is 5.98. The third kappa shape index (κ3) is 6.51. The van der Waals surface area contributed by atoms with E-state index < -0.39 is 6.04 Å². The van der Waals surface area contributed by atoms with Crippen LogP contribution in [0.5, 0.6) is 0 Å². The summed E-state index contributed by atoms with van der Waals surface area (Å²) in [6.07, 6.45) is 5.60. The van der Waals surface area contributed by atoms with Crippen molar-refractivity contribution >= 4 is 17.7 Å². The van der Waals surface area contributed by atoms with Crippen molar-refractivity contribution in [2.75, 3.05) is 33.2 Å². The molecule has 204 valence electrons. The van der Waals surface area contributed by atoms with Gasteiger partial charge in [0.15, 0.2) is 0 Å². The van der Waals surface area contributed by atoms with Gasteiger partial charge in [0, 0.05) is 50.1 Å². The van der Waals surface area contributed by atoms with Crippen LogP contribution in [0.4, 0.5) is 4.39 Å². The monoisotopic (exact) mass is 532 g/mol. The van der Waals surface area contributed by atoms with Crippen LogP contribution >= 0.6 is 0 Å². The van der Waals surface area contributed by atoms with Crippen molar-refractivity contribution in [1.29, 1.82) is 0 Å². The molecule has 1 aliphatic heterocycles. The highest BCUT2D eigenvalue weighted by Gasteiger charge is 2.38. The molecule has 2 N–H and O–H groups in total. The van der Waals surface area contributed by atoms with Gasteiger partial charge in [0.05, 0.1) is 12.2 Å². The van der Waals surface area contributed by atoms with Gasteiger partial charge in [-0.1, -0.05) is 12.1 Å². The fraction of sp³-hybridized carbons (Fsp3) is 0.379. The molecule has 1 saturated heterocycles. The molecule has 0 unspecified atom stereocenters. The summed E-state index contributed by atoms with van der Waals surface area (Å²) in [5, 5.41) is 10.6. The molecule has 2 aromatic carbocycles. The standard InChI is InChI=1S/C29H33FN6O3/c1-34-16-17-35(19-27(34)37)29(39)25(4-2-13-31-26-18-24(26)20-5-9-22(30)10-6-20)33-28(38)21-7-11-23(12-8-21)36-15-3-14-32-36/h3,5-12,14-15,24-26,31H,2,4,13,16-19H2,1H3,(H,33,38)/t24-,25-,26+/m0/s1. The SMILES string of the molecule is CN1CCN(C(=O)[C@H](CCCN[C@@H]2C[C@H]2c2ccc(F)cc2)NC(=O)c2ccc(-n3cccn3)cc2)CC1=O. The predicted molar refractivity (Wildman–Crippen MR) is 144 cm³/mol. The summed E-state index contributed by atoms with van der Waals surface area (Å²) in [5.41, 5.74) is 2.38. The van der Waals surface area contributed by atoms with Gasteiger partial charge in [0.1, 0.15) is 11.9 Å². The second-order valence-electron chi connectivity index (χ2n) is 10.2. The minimum atomic E-state index is -0.742. The summed E-state index contributed by atoms with van der Waals surface area (Å²) >= 11 is 0. The van der Waals surface area contributed by atoms with E-state index in [2.05, 4.69) is 15.7 Å². The molecule has 0 radical (unpaired) electrons. The largest absolute Gasteiger partial charge is 0.342 e. The number of hydrogen-bond donors (Lipinski definition) is 2. The van der Waals surface area contributed by atoms with Gasteiger partial charge in [-0.3, -0.25) is 14.4 Å². The van der Waals surface area contributed by atoms with Crippen LogP contribution in [0.2, 0.25) is 0 Å². The number of halogens is 1. The third-order valence-corrected chi connectivity index (χ3v) is 7.44. The molecule has 3 atom stereocenters. The molecule has 3 aromatic rings. The molecule has 1 aliphatic carbocycles. The number of hydrogen-bond acceptors (Lipinski definition) is 5. The molecule has 3 amide bonds. The van der Waals surface area contributed by atoms with E-state index in [0.717, 1.165) is 17.7 Å². The van der Waals surface area contributed by atoms with E-state index in [-0.39, 0.29) is 30.1 Å². The number of piperazine rings is 1. The molecule has 1 saturated carbocycles. The third-order valence-electron chi connectivity index (χ3n) is 7.44. The summed E-state index contributed by atoms with van der Waals surface area (Å²) in [7, 11) is 1.72. The number of nitrogens with zero attached hydrogens (tertiary/aromatic N) is 4. The Morgan fingerprint density at radius 3 is 2.56 bits per heavy atom. The normalized spacial score (nSPS) is 19.6. The van der Waals surface area contributed by atoms with Crippen molar-refractivity contribution in [2.45, 2.75) is 37.3 Å². The van der Waals surface area contributed by atoms with E-state index >= 15 is 0 Å². The molecule has 0 bridgehead atoms. The van der Waals surface area contributed by atoms with E-state index in [9.17, 15) is 18.8 Å². The number of nitrogens with one attached hydrogen (secondary N) is 2. The van der Waals surface area contributed by atoms with Crippen LogP contribution < -0.4 is 10.6 Å². The van der Waals surface area contributed by atoms with Crippen molar-refractivity contribution in [1.82, 2.24) is 30.2 Å². The Morgan fingerprint density at radius 2 is 1.87 bits per heavy atom. The fourth-order valence-electron chi connectivity index (χ4n) is 4.95. The fourth-order valence-corrected chi connectivity index (χ4v) is 4.95. The molecule has 39 heavy (non-hydrogen) atoms. The summed E-state index contributed by atoms with van der Waals surface area (Å²) in [5.74, 6) is -0.571. The Hall–Kier alpha value is -4.05. The van der Waals surface area contributed by atoms with Gasteiger partial charge in [-0.15, -0.1) is 0 Å². The van der Waals surface area contributed by atoms with Crippen molar-refractivity contribution < 1.29 is 18.8 Å². The minimum absolute atomic E-state index is 0.0138. The Balaban J connectivity index is 1.18. The molecule has 0 spiro atoms. The average molecular weight is 533 g/mol. The number of aromatic nitrogens is 2. The van der Waals surface area contributed by atoms with Gasteiger partial charge in [-0.25, -0.2) is 9.07 Å². The first-order valence-electron chi connectivity index (χ1n) is 13.3.